The Morgan fingerprint density at radius 3 is 1.39 bits per heavy atom. The van der Waals surface area contributed by atoms with Gasteiger partial charge in [-0.05, 0) is 78.9 Å². The number of carbonyl (C=O) groups is 4. The van der Waals surface area contributed by atoms with E-state index < -0.39 is 44.6 Å². The molecule has 0 aliphatic rings. The predicted octanol–water partition coefficient (Wildman–Crippen LogP) is 9.97. The topological polar surface area (TPSA) is 450 Å². The Morgan fingerprint density at radius 2 is 0.925 bits per heavy atom. The monoisotopic (exact) mass is 1110 g/mol. The van der Waals surface area contributed by atoms with Gasteiger partial charge in [0.05, 0.1) is 78.9 Å². The van der Waals surface area contributed by atoms with Crippen molar-refractivity contribution in [2.45, 2.75) is 0 Å². The van der Waals surface area contributed by atoms with Gasteiger partial charge in [-0.1, -0.05) is 23.7 Å². The van der Waals surface area contributed by atoms with Gasteiger partial charge in [-0.2, -0.15) is 5.26 Å². The number of benzene rings is 4. The molecule has 0 atom stereocenters. The Kier molecular flexibility index (Phi) is 21.2. The highest BCUT2D eigenvalue weighted by Crippen LogP contribution is 2.31. The number of nitro groups is 3. The van der Waals surface area contributed by atoms with Gasteiger partial charge in [-0.3, -0.25) is 45.6 Å². The molecular formula is C49H39ClN16O14. The molecular weight excluding hydrogens is 1070 g/mol. The zero-order chi connectivity index (χ0) is 58.1. The minimum Gasteiger partial charge on any atom is -0.506 e. The quantitative estimate of drug-likeness (QED) is 0.0248. The van der Waals surface area contributed by atoms with Crippen LogP contribution in [0.3, 0.4) is 0 Å². The van der Waals surface area contributed by atoms with Crippen LogP contribution in [0.5, 0.6) is 23.0 Å². The number of anilines is 8. The fraction of sp³-hybridized carbons (Fsp3) is 0. The number of nitro benzene ring substituents is 3. The van der Waals surface area contributed by atoms with E-state index in [4.69, 9.17) is 16.9 Å². The molecule has 8 aromatic rings. The molecule has 31 heteroatoms. The van der Waals surface area contributed by atoms with Crippen molar-refractivity contribution in [3.05, 3.63) is 206 Å². The van der Waals surface area contributed by atoms with Crippen molar-refractivity contribution in [1.82, 2.24) is 19.9 Å². The number of para-hydroxylation sites is 1. The summed E-state index contributed by atoms with van der Waals surface area (Å²) in [5.41, 5.74) is 0.946. The second-order valence-electron chi connectivity index (χ2n) is 15.0. The fourth-order valence-electron chi connectivity index (χ4n) is 5.86. The lowest BCUT2D eigenvalue weighted by molar-refractivity contribution is -0.385. The average molecular weight is 1110 g/mol. The third kappa shape index (κ3) is 18.6. The zero-order valence-electron chi connectivity index (χ0n) is 40.4. The number of pyridine rings is 4. The van der Waals surface area contributed by atoms with E-state index in [-0.39, 0.29) is 67.8 Å². The summed E-state index contributed by atoms with van der Waals surface area (Å²) in [5, 5.41) is 98.5. The number of amides is 8. The number of urea groups is 4. The summed E-state index contributed by atoms with van der Waals surface area (Å²) in [7, 11) is 0. The van der Waals surface area contributed by atoms with Gasteiger partial charge in [0.25, 0.3) is 17.1 Å². The molecule has 0 bridgehead atoms. The Hall–Kier alpha value is -12.3. The molecule has 80 heavy (non-hydrogen) atoms. The first-order chi connectivity index (χ1) is 38.3. The van der Waals surface area contributed by atoms with Crippen molar-refractivity contribution in [2.75, 3.05) is 42.5 Å². The van der Waals surface area contributed by atoms with Crippen LogP contribution in [0, 0.1) is 41.7 Å². The molecule has 12 N–H and O–H groups in total. The lowest BCUT2D eigenvalue weighted by Gasteiger charge is -2.10. The molecule has 0 aliphatic carbocycles. The smallest absolute Gasteiger partial charge is 0.324 e. The van der Waals surface area contributed by atoms with E-state index in [2.05, 4.69) is 62.5 Å². The number of phenolic OH excluding ortho intramolecular Hbond substituents is 4. The molecule has 0 spiro atoms. The van der Waals surface area contributed by atoms with Crippen molar-refractivity contribution in [1.29, 1.82) is 5.26 Å². The number of aromatic hydroxyl groups is 4. The normalized spacial score (nSPS) is 9.75. The molecule has 4 heterocycles. The van der Waals surface area contributed by atoms with Gasteiger partial charge in [0, 0.05) is 54.9 Å². The van der Waals surface area contributed by atoms with Gasteiger partial charge < -0.3 is 57.6 Å². The predicted molar refractivity (Wildman–Crippen MR) is 290 cm³/mol. The fourth-order valence-corrected chi connectivity index (χ4v) is 6.02. The largest absolute Gasteiger partial charge is 0.506 e. The number of non-ortho nitro benzene ring substituents is 3. The number of nitrogens with zero attached hydrogens (tertiary/aromatic N) is 8. The molecule has 0 fully saturated rings. The number of carbonyl (C=O) groups excluding carboxylic acids is 4. The van der Waals surface area contributed by atoms with Gasteiger partial charge in [0.1, 0.15) is 29.1 Å². The number of hydrogen-bond acceptors (Lipinski definition) is 19. The number of rotatable bonds is 11. The van der Waals surface area contributed by atoms with E-state index in [0.29, 0.717) is 22.9 Å². The minimum absolute atomic E-state index is 0.0593. The van der Waals surface area contributed by atoms with Crippen molar-refractivity contribution >= 4 is 98.4 Å². The number of nitrogens with one attached hydrogen (secondary N) is 8. The highest BCUT2D eigenvalue weighted by molar-refractivity contribution is 6.32. The summed E-state index contributed by atoms with van der Waals surface area (Å²) >= 11 is 5.80. The van der Waals surface area contributed by atoms with Gasteiger partial charge in [0.2, 0.25) is 0 Å². The van der Waals surface area contributed by atoms with E-state index in [1.54, 1.807) is 66.9 Å². The van der Waals surface area contributed by atoms with E-state index in [1.165, 1.54) is 79.5 Å². The van der Waals surface area contributed by atoms with Gasteiger partial charge in [0.15, 0.2) is 10.9 Å². The molecule has 30 nitrogen and oxygen atoms in total. The Labute approximate surface area is 453 Å². The molecule has 4 aromatic carbocycles. The third-order valence-electron chi connectivity index (χ3n) is 9.50. The summed E-state index contributed by atoms with van der Waals surface area (Å²) in [6, 6.07) is 28.7. The number of halogens is 1. The van der Waals surface area contributed by atoms with Crippen molar-refractivity contribution in [3.63, 3.8) is 0 Å². The number of hydrogen-bond donors (Lipinski definition) is 12. The molecule has 0 saturated heterocycles. The molecule has 8 amide bonds. The van der Waals surface area contributed by atoms with Crippen molar-refractivity contribution < 1.29 is 54.4 Å². The van der Waals surface area contributed by atoms with Crippen LogP contribution < -0.4 is 42.5 Å². The van der Waals surface area contributed by atoms with Crippen LogP contribution in [0.25, 0.3) is 0 Å². The van der Waals surface area contributed by atoms with Crippen molar-refractivity contribution in [3.8, 4) is 29.1 Å². The first-order valence-corrected chi connectivity index (χ1v) is 22.5. The maximum atomic E-state index is 11.8. The first-order valence-electron chi connectivity index (χ1n) is 22.1. The Morgan fingerprint density at radius 1 is 0.463 bits per heavy atom. The number of aromatic nitrogens is 4. The highest BCUT2D eigenvalue weighted by atomic mass is 35.5. The molecule has 0 saturated carbocycles. The summed E-state index contributed by atoms with van der Waals surface area (Å²) in [4.78, 5) is 91.7. The molecule has 0 aliphatic heterocycles. The molecule has 406 valence electrons. The van der Waals surface area contributed by atoms with E-state index >= 15 is 0 Å². The minimum atomic E-state index is -0.641. The number of phenols is 4. The van der Waals surface area contributed by atoms with Gasteiger partial charge in [-0.15, -0.1) is 0 Å². The standard InChI is InChI=1S/C13H9ClN4O2.3C12H10N4O4/c14-12-10(5-2-6-16-12)18-13(20)17-9-4-1-3-8(7-15)11(9)19;17-11-7-9(16(19)20)1-2-10(11)15-12(18)14-8-3-5-13-6-4-8;17-11-6-9(16(19)20)3-4-10(11)15-12(18)14-8-2-1-5-13-7-8;17-10-7-8(16(19)20)4-5-9(10)14-12(18)15-11-3-1-2-6-13-11/h1-6,19H,(H2,17,18,20);1-7,17H,(H2,13,14,15,18);1-7,17H,(H2,14,15,18);1-7,17H,(H2,13,14,15,18). The van der Waals surface area contributed by atoms with Crippen LogP contribution in [0.1, 0.15) is 5.56 Å². The molecule has 4 aromatic heterocycles. The van der Waals surface area contributed by atoms with Gasteiger partial charge >= 0.3 is 24.1 Å². The summed E-state index contributed by atoms with van der Waals surface area (Å²) in [6.07, 6.45) is 9.05. The lowest BCUT2D eigenvalue weighted by atomic mass is 10.2. The molecule has 8 rings (SSSR count). The van der Waals surface area contributed by atoms with E-state index in [9.17, 15) is 69.9 Å². The van der Waals surface area contributed by atoms with Crippen molar-refractivity contribution in [2.24, 2.45) is 0 Å². The average Bonchev–Trinajstić information content (AvgIpc) is 3.43. The van der Waals surface area contributed by atoms with E-state index in [0.717, 1.165) is 18.2 Å². The summed E-state index contributed by atoms with van der Waals surface area (Å²) in [5.74, 6) is -1.12. The van der Waals surface area contributed by atoms with Crippen LogP contribution in [0.2, 0.25) is 5.15 Å². The first kappa shape index (κ1) is 58.6. The second kappa shape index (κ2) is 29.0. The van der Waals surface area contributed by atoms with Crippen LogP contribution in [-0.4, -0.2) is 79.3 Å². The van der Waals surface area contributed by atoms with Gasteiger partial charge in [-0.25, -0.2) is 29.1 Å². The summed E-state index contributed by atoms with van der Waals surface area (Å²) < 4.78 is 0. The zero-order valence-corrected chi connectivity index (χ0v) is 41.2. The Bertz CT molecular complexity index is 3290. The molecule has 0 radical (unpaired) electrons. The Balaban J connectivity index is 0.000000196. The van der Waals surface area contributed by atoms with Crippen LogP contribution in [-0.2, 0) is 0 Å². The maximum Gasteiger partial charge on any atom is 0.324 e. The number of nitriles is 1. The molecule has 0 unspecified atom stereocenters. The lowest BCUT2D eigenvalue weighted by Crippen LogP contribution is -2.20. The van der Waals surface area contributed by atoms with Crippen LogP contribution >= 0.6 is 11.6 Å². The third-order valence-corrected chi connectivity index (χ3v) is 9.80. The SMILES string of the molecule is N#Cc1cccc(NC(=O)Nc2cccnc2Cl)c1O.O=C(Nc1ccccn1)Nc1ccc([N+](=O)[O-])cc1O.O=C(Nc1cccnc1)Nc1ccc([N+](=O)[O-])cc1O.O=C(Nc1ccncc1)Nc1ccc([N+](=O)[O-])cc1O. The van der Waals surface area contributed by atoms with Crippen LogP contribution in [0.4, 0.5) is 81.9 Å². The maximum absolute atomic E-state index is 11.8. The van der Waals surface area contributed by atoms with E-state index in [1.807, 2.05) is 6.07 Å². The summed E-state index contributed by atoms with van der Waals surface area (Å²) in [6.45, 7) is 0. The highest BCUT2D eigenvalue weighted by Gasteiger charge is 2.16. The second-order valence-corrected chi connectivity index (χ2v) is 15.4. The van der Waals surface area contributed by atoms with Crippen LogP contribution in [0.15, 0.2) is 165 Å².